The smallest absolute Gasteiger partial charge is 0.237 e. The van der Waals surface area contributed by atoms with Crippen LogP contribution in [0.4, 0.5) is 11.4 Å². The zero-order valence-corrected chi connectivity index (χ0v) is 48.3. The van der Waals surface area contributed by atoms with Gasteiger partial charge in [-0.05, 0) is 157 Å². The third kappa shape index (κ3) is 8.90. The molecule has 87 heavy (non-hydrogen) atoms. The number of rotatable bonds is 9. The van der Waals surface area contributed by atoms with Crippen LogP contribution in [-0.2, 0) is 43.8 Å². The van der Waals surface area contributed by atoms with Crippen molar-refractivity contribution in [1.82, 2.24) is 9.80 Å². The van der Waals surface area contributed by atoms with Gasteiger partial charge in [0.25, 0.3) is 0 Å². The van der Waals surface area contributed by atoms with E-state index in [1.54, 1.807) is 24.3 Å². The summed E-state index contributed by atoms with van der Waals surface area (Å²) >= 11 is 0. The first-order valence-electron chi connectivity index (χ1n) is 29.6. The van der Waals surface area contributed by atoms with Gasteiger partial charge in [-0.25, -0.2) is 0 Å². The van der Waals surface area contributed by atoms with Gasteiger partial charge in [0.2, 0.25) is 47.3 Å². The van der Waals surface area contributed by atoms with Crippen molar-refractivity contribution in [2.75, 3.05) is 23.9 Å². The van der Waals surface area contributed by atoms with Gasteiger partial charge in [0.15, 0.2) is 0 Å². The Hall–Kier alpha value is -10.1. The van der Waals surface area contributed by atoms with Crippen LogP contribution in [-0.4, -0.2) is 71.2 Å². The number of hydrogen-bond donors (Lipinski definition) is 0. The molecule has 4 aliphatic heterocycles. The van der Waals surface area contributed by atoms with Gasteiger partial charge in [0.1, 0.15) is 23.0 Å². The van der Waals surface area contributed by atoms with Gasteiger partial charge in [-0.2, -0.15) is 0 Å². The predicted octanol–water partition coefficient (Wildman–Crippen LogP) is 11.9. The minimum atomic E-state index is -0.585. The average molecular weight is 1150 g/mol. The maximum atomic E-state index is 13.7. The highest BCUT2D eigenvalue weighted by Crippen LogP contribution is 2.57. The van der Waals surface area contributed by atoms with Crippen LogP contribution in [0.3, 0.4) is 0 Å². The molecule has 3 aliphatic carbocycles. The molecule has 8 atom stereocenters. The molecule has 14 heteroatoms. The van der Waals surface area contributed by atoms with Crippen molar-refractivity contribution in [1.29, 1.82) is 0 Å². The van der Waals surface area contributed by atoms with Crippen molar-refractivity contribution in [2.45, 2.75) is 44.9 Å². The van der Waals surface area contributed by atoms with Crippen LogP contribution in [0, 0.1) is 61.2 Å². The lowest BCUT2D eigenvalue weighted by atomic mass is 9.67. The Morgan fingerprint density at radius 3 is 0.931 bits per heavy atom. The van der Waals surface area contributed by atoms with Crippen LogP contribution in [0.1, 0.15) is 59.1 Å². The second-order valence-corrected chi connectivity index (χ2v) is 24.1. The summed E-state index contributed by atoms with van der Waals surface area (Å²) in [6, 6.07) is 63.8. The fraction of sp³-hybridized carbons (Fsp3) is 0.233. The van der Waals surface area contributed by atoms with Crippen LogP contribution < -0.4 is 19.3 Å². The Bertz CT molecular complexity index is 4030. The summed E-state index contributed by atoms with van der Waals surface area (Å²) < 4.78 is 12.0. The molecule has 7 aliphatic rings. The van der Waals surface area contributed by atoms with Gasteiger partial charge in [-0.1, -0.05) is 132 Å². The summed E-state index contributed by atoms with van der Waals surface area (Å²) in [5, 5.41) is 0. The number of hydrogen-bond acceptors (Lipinski definition) is 10. The van der Waals surface area contributed by atoms with Crippen molar-refractivity contribution in [3.63, 3.8) is 0 Å². The average Bonchev–Trinajstić information content (AvgIpc) is 1.59. The number of nitrogens with zero attached hydrogens (tertiary/aromatic N) is 4. The number of carbonyl (C=O) groups is 8. The number of benzene rings is 8. The summed E-state index contributed by atoms with van der Waals surface area (Å²) in [5.74, 6) is -3.83. The molecule has 432 valence electrons. The quantitative estimate of drug-likeness (QED) is 0.127. The zero-order chi connectivity index (χ0) is 60.2. The molecule has 14 nitrogen and oxygen atoms in total. The van der Waals surface area contributed by atoms with Crippen LogP contribution in [0.25, 0.3) is 22.3 Å². The highest BCUT2D eigenvalue weighted by molar-refractivity contribution is 6.24. The second-order valence-electron chi connectivity index (χ2n) is 24.1. The van der Waals surface area contributed by atoms with Gasteiger partial charge in [-0.15, -0.1) is 0 Å². The topological polar surface area (TPSA) is 168 Å². The molecule has 8 aromatic rings. The molecular formula is C73H60N4O10. The number of carbonyl (C=O) groups excluding carboxylic acids is 8. The summed E-state index contributed by atoms with van der Waals surface area (Å²) in [6.45, 7) is 4.12. The van der Waals surface area contributed by atoms with Crippen molar-refractivity contribution in [2.24, 2.45) is 47.3 Å². The molecule has 8 amide bonds. The fourth-order valence-corrected chi connectivity index (χ4v) is 14.9. The Balaban J connectivity index is 0.000000153. The van der Waals surface area contributed by atoms with Crippen molar-refractivity contribution >= 4 is 58.6 Å². The normalized spacial score (nSPS) is 23.9. The highest BCUT2D eigenvalue weighted by atomic mass is 16.5. The number of amides is 8. The molecular weight excluding hydrogens is 1090 g/mol. The molecule has 0 aromatic heterocycles. The minimum absolute atomic E-state index is 0.230. The lowest BCUT2D eigenvalue weighted by molar-refractivity contribution is -0.139. The monoisotopic (exact) mass is 1150 g/mol. The Labute approximate surface area is 502 Å². The van der Waals surface area contributed by atoms with Gasteiger partial charge in [0.05, 0.1) is 64.1 Å². The molecule has 6 fully saturated rings. The fourth-order valence-electron chi connectivity index (χ4n) is 14.9. The first-order valence-corrected chi connectivity index (χ1v) is 29.6. The van der Waals surface area contributed by atoms with Gasteiger partial charge in [0, 0.05) is 14.1 Å². The number of fused-ring (bicyclic) bond motifs is 7. The first-order chi connectivity index (χ1) is 42.1. The maximum Gasteiger partial charge on any atom is 0.237 e. The third-order valence-electron chi connectivity index (χ3n) is 19.3. The van der Waals surface area contributed by atoms with E-state index in [0.717, 1.165) is 43.6 Å². The molecule has 2 saturated carbocycles. The van der Waals surface area contributed by atoms with Gasteiger partial charge >= 0.3 is 0 Å². The molecule has 0 radical (unpaired) electrons. The molecule has 0 N–H and O–H groups in total. The van der Waals surface area contributed by atoms with E-state index in [-0.39, 0.29) is 72.9 Å². The van der Waals surface area contributed by atoms with E-state index < -0.39 is 52.8 Å². The van der Waals surface area contributed by atoms with Crippen LogP contribution >= 0.6 is 0 Å². The SMILES string of the molecule is Cc1ccc(C2(c3ccc(N4C(=O)C5CC6C(=O)N(C)C(=O)C6CC5C4=O)cc3)c3ccccc3-c3ccccc32)cc1.Cc1ccc(Oc2ccc(-c3ccc(Oc4ccc(N5C(=O)C6CC7C(=O)N(C)C(=O)C7CC6C5=O)cc4)cc3)cc2)cc1. The lowest BCUT2D eigenvalue weighted by Gasteiger charge is -2.34. The number of ether oxygens (including phenoxy) is 2. The number of aryl methyl sites for hydroxylation is 2. The molecule has 8 aromatic carbocycles. The minimum Gasteiger partial charge on any atom is -0.457 e. The van der Waals surface area contributed by atoms with E-state index in [1.807, 2.05) is 104 Å². The van der Waals surface area contributed by atoms with E-state index in [0.29, 0.717) is 22.9 Å². The molecule has 4 saturated heterocycles. The summed E-state index contributed by atoms with van der Waals surface area (Å²) in [4.78, 5) is 109. The van der Waals surface area contributed by atoms with E-state index in [4.69, 9.17) is 9.47 Å². The third-order valence-corrected chi connectivity index (χ3v) is 19.3. The summed E-state index contributed by atoms with van der Waals surface area (Å²) in [6.07, 6.45) is 0.947. The number of likely N-dealkylation sites (tertiary alicyclic amines) is 2. The Kier molecular flexibility index (Phi) is 13.3. The predicted molar refractivity (Wildman–Crippen MR) is 325 cm³/mol. The largest absolute Gasteiger partial charge is 0.457 e. The molecule has 4 heterocycles. The molecule has 15 rings (SSSR count). The second kappa shape index (κ2) is 21.2. The molecule has 8 unspecified atom stereocenters. The molecule has 0 bridgehead atoms. The van der Waals surface area contributed by atoms with Crippen molar-refractivity contribution in [3.05, 3.63) is 228 Å². The van der Waals surface area contributed by atoms with E-state index in [2.05, 4.69) is 79.7 Å². The maximum absolute atomic E-state index is 13.7. The number of anilines is 2. The first kappa shape index (κ1) is 54.8. The number of imide groups is 4. The standard InChI is InChI=1S/C37H30N2O4.C36H30N2O6/c1-21-11-13-22(14-12-21)37(31-9-5-3-7-25(31)26-8-4-6-10-32(26)37)23-15-17-24(18-16-23)39-35(42)29-19-27-28(20-30(29)36(39)43)34(41)38(2)33(27)40;1-21-3-11-25(12-4-21)43-26-13-5-22(6-14-26)23-7-15-27(16-8-23)44-28-17-9-24(10-18-28)38-35(41)31-19-29-30(20-32(31)36(38)42)34(40)37(2)33(29)39/h3-18,27-30H,19-20H2,1-2H3;3-18,29-32H,19-20H2,1-2H3. The van der Waals surface area contributed by atoms with Crippen molar-refractivity contribution in [3.8, 4) is 45.3 Å². The van der Waals surface area contributed by atoms with E-state index >= 15 is 0 Å². The highest BCUT2D eigenvalue weighted by Gasteiger charge is 2.61. The van der Waals surface area contributed by atoms with Gasteiger partial charge in [-0.3, -0.25) is 58.0 Å². The van der Waals surface area contributed by atoms with Crippen LogP contribution in [0.2, 0.25) is 0 Å². The van der Waals surface area contributed by atoms with E-state index in [1.165, 1.54) is 57.3 Å². The summed E-state index contributed by atoms with van der Waals surface area (Å²) in [7, 11) is 2.95. The van der Waals surface area contributed by atoms with Crippen molar-refractivity contribution < 1.29 is 47.8 Å². The lowest BCUT2D eigenvalue weighted by Crippen LogP contribution is -2.35. The van der Waals surface area contributed by atoms with E-state index in [9.17, 15) is 38.4 Å². The summed E-state index contributed by atoms with van der Waals surface area (Å²) in [5.41, 5.74) is 11.8. The van der Waals surface area contributed by atoms with Gasteiger partial charge < -0.3 is 9.47 Å². The zero-order valence-electron chi connectivity index (χ0n) is 48.3. The molecule has 0 spiro atoms. The Morgan fingerprint density at radius 2 is 0.586 bits per heavy atom. The Morgan fingerprint density at radius 1 is 0.322 bits per heavy atom. The van der Waals surface area contributed by atoms with Crippen LogP contribution in [0.15, 0.2) is 194 Å². The van der Waals surface area contributed by atoms with Crippen LogP contribution in [0.5, 0.6) is 23.0 Å².